The quantitative estimate of drug-likeness (QED) is 0.635. The van der Waals surface area contributed by atoms with Crippen LogP contribution in [0.2, 0.25) is 0 Å². The summed E-state index contributed by atoms with van der Waals surface area (Å²) >= 11 is 3.07. The number of hydrogen-bond donors (Lipinski definition) is 0. The molecule has 0 saturated heterocycles. The Labute approximate surface area is 108 Å². The number of ether oxygens (including phenoxy) is 1. The Kier molecular flexibility index (Phi) is 3.44. The Bertz CT molecular complexity index is 572. The number of carbonyl (C=O) groups is 1. The van der Waals surface area contributed by atoms with E-state index in [2.05, 4.69) is 4.98 Å². The highest BCUT2D eigenvalue weighted by Gasteiger charge is 2.22. The summed E-state index contributed by atoms with van der Waals surface area (Å²) in [4.78, 5) is 17.0. The number of thioether (sulfide) groups is 1. The van der Waals surface area contributed by atoms with E-state index in [1.807, 2.05) is 31.7 Å². The van der Waals surface area contributed by atoms with Crippen molar-refractivity contribution in [2.24, 2.45) is 7.05 Å². The first-order chi connectivity index (χ1) is 8.10. The Morgan fingerprint density at radius 3 is 2.88 bits per heavy atom. The molecule has 0 unspecified atom stereocenters. The van der Waals surface area contributed by atoms with Crippen LogP contribution in [-0.2, 0) is 11.8 Å². The summed E-state index contributed by atoms with van der Waals surface area (Å²) < 4.78 is 8.08. The number of fused-ring (bicyclic) bond motifs is 1. The van der Waals surface area contributed by atoms with E-state index in [9.17, 15) is 4.79 Å². The van der Waals surface area contributed by atoms with Crippen molar-refractivity contribution in [1.29, 1.82) is 0 Å². The van der Waals surface area contributed by atoms with E-state index in [4.69, 9.17) is 4.74 Å². The largest absolute Gasteiger partial charge is 0.462 e. The number of aryl methyl sites for hydroxylation is 2. The third-order valence-electron chi connectivity index (χ3n) is 2.57. The molecule has 4 nitrogen and oxygen atoms in total. The van der Waals surface area contributed by atoms with E-state index in [0.29, 0.717) is 11.5 Å². The number of thiophene rings is 1. The second-order valence-corrected chi connectivity index (χ2v) is 5.65. The summed E-state index contributed by atoms with van der Waals surface area (Å²) in [5, 5.41) is 0. The number of rotatable bonds is 3. The van der Waals surface area contributed by atoms with Crippen LogP contribution in [0.4, 0.5) is 0 Å². The summed E-state index contributed by atoms with van der Waals surface area (Å²) in [6.07, 6.45) is 1.99. The van der Waals surface area contributed by atoms with Crippen molar-refractivity contribution in [2.75, 3.05) is 12.9 Å². The van der Waals surface area contributed by atoms with Crippen LogP contribution in [0.1, 0.15) is 22.4 Å². The molecule has 0 aliphatic carbocycles. The second-order valence-electron chi connectivity index (χ2n) is 3.56. The molecule has 2 aromatic heterocycles. The molecule has 0 fully saturated rings. The van der Waals surface area contributed by atoms with Gasteiger partial charge >= 0.3 is 5.97 Å². The van der Waals surface area contributed by atoms with Gasteiger partial charge in [-0.25, -0.2) is 9.78 Å². The lowest BCUT2D eigenvalue weighted by molar-refractivity contribution is 0.0533. The smallest absolute Gasteiger partial charge is 0.350 e. The minimum atomic E-state index is -0.259. The molecular formula is C11H14N2O2S2. The normalized spacial score (nSPS) is 11.1. The van der Waals surface area contributed by atoms with Gasteiger partial charge in [0.15, 0.2) is 0 Å². The second kappa shape index (κ2) is 4.70. The highest BCUT2D eigenvalue weighted by Crippen LogP contribution is 2.37. The summed E-state index contributed by atoms with van der Waals surface area (Å²) in [5.74, 6) is 0.648. The number of esters is 1. The van der Waals surface area contributed by atoms with E-state index in [1.165, 1.54) is 11.3 Å². The highest BCUT2D eigenvalue weighted by atomic mass is 32.2. The summed E-state index contributed by atoms with van der Waals surface area (Å²) in [5.41, 5.74) is 1.79. The molecule has 0 bridgehead atoms. The first-order valence-electron chi connectivity index (χ1n) is 5.27. The highest BCUT2D eigenvalue weighted by molar-refractivity contribution is 8.00. The minimum absolute atomic E-state index is 0.259. The molecule has 0 aliphatic rings. The van der Waals surface area contributed by atoms with Gasteiger partial charge in [-0.1, -0.05) is 0 Å². The summed E-state index contributed by atoms with van der Waals surface area (Å²) in [7, 11) is 1.92. The van der Waals surface area contributed by atoms with Gasteiger partial charge < -0.3 is 9.30 Å². The molecule has 17 heavy (non-hydrogen) atoms. The van der Waals surface area contributed by atoms with Crippen molar-refractivity contribution in [2.45, 2.75) is 18.1 Å². The standard InChI is InChI=1S/C11H14N2O2S2/c1-5-15-10(14)9-8-7(11(16-4)17-9)12-6(2)13(8)3/h5H2,1-4H3. The van der Waals surface area contributed by atoms with Gasteiger partial charge in [0.2, 0.25) is 0 Å². The molecule has 0 radical (unpaired) electrons. The molecular weight excluding hydrogens is 256 g/mol. The van der Waals surface area contributed by atoms with Crippen LogP contribution in [0.15, 0.2) is 4.21 Å². The monoisotopic (exact) mass is 270 g/mol. The van der Waals surface area contributed by atoms with Crippen LogP contribution in [0.25, 0.3) is 11.0 Å². The Morgan fingerprint density at radius 1 is 1.59 bits per heavy atom. The Hall–Kier alpha value is -1.01. The molecule has 0 saturated carbocycles. The van der Waals surface area contributed by atoms with Crippen molar-refractivity contribution in [3.8, 4) is 0 Å². The zero-order valence-electron chi connectivity index (χ0n) is 10.2. The minimum Gasteiger partial charge on any atom is -0.462 e. The van der Waals surface area contributed by atoms with Crippen molar-refractivity contribution in [3.05, 3.63) is 10.7 Å². The molecule has 2 heterocycles. The van der Waals surface area contributed by atoms with Gasteiger partial charge in [0.1, 0.15) is 16.2 Å². The Morgan fingerprint density at radius 2 is 2.29 bits per heavy atom. The van der Waals surface area contributed by atoms with E-state index in [1.54, 1.807) is 11.8 Å². The van der Waals surface area contributed by atoms with E-state index in [0.717, 1.165) is 21.1 Å². The zero-order valence-corrected chi connectivity index (χ0v) is 11.9. The van der Waals surface area contributed by atoms with Gasteiger partial charge in [-0.05, 0) is 20.1 Å². The average Bonchev–Trinajstić information content (AvgIpc) is 2.79. The van der Waals surface area contributed by atoms with Gasteiger partial charge in [0.05, 0.1) is 16.3 Å². The van der Waals surface area contributed by atoms with Crippen LogP contribution in [0.5, 0.6) is 0 Å². The van der Waals surface area contributed by atoms with Crippen LogP contribution < -0.4 is 0 Å². The maximum atomic E-state index is 11.9. The molecule has 0 amide bonds. The van der Waals surface area contributed by atoms with E-state index >= 15 is 0 Å². The average molecular weight is 270 g/mol. The third-order valence-corrected chi connectivity index (χ3v) is 4.83. The summed E-state index contributed by atoms with van der Waals surface area (Å²) in [6.45, 7) is 4.14. The molecule has 0 atom stereocenters. The third kappa shape index (κ3) is 1.95. The predicted octanol–water partition coefficient (Wildman–Crippen LogP) is 2.84. The first kappa shape index (κ1) is 12.4. The first-order valence-corrected chi connectivity index (χ1v) is 7.31. The molecule has 2 rings (SSSR count). The van der Waals surface area contributed by atoms with Crippen LogP contribution in [0, 0.1) is 6.92 Å². The lowest BCUT2D eigenvalue weighted by atomic mass is 10.4. The fourth-order valence-electron chi connectivity index (χ4n) is 1.68. The fourth-order valence-corrected chi connectivity index (χ4v) is 3.49. The van der Waals surface area contributed by atoms with Gasteiger partial charge in [-0.2, -0.15) is 0 Å². The fraction of sp³-hybridized carbons (Fsp3) is 0.455. The maximum Gasteiger partial charge on any atom is 0.350 e. The predicted molar refractivity (Wildman–Crippen MR) is 71.1 cm³/mol. The molecule has 0 spiro atoms. The molecule has 2 aromatic rings. The van der Waals surface area contributed by atoms with Gasteiger partial charge in [-0.15, -0.1) is 23.1 Å². The van der Waals surface area contributed by atoms with Crippen LogP contribution >= 0.6 is 23.1 Å². The topological polar surface area (TPSA) is 44.1 Å². The van der Waals surface area contributed by atoms with Gasteiger partial charge in [0.25, 0.3) is 0 Å². The SMILES string of the molecule is CCOC(=O)c1sc(SC)c2nc(C)n(C)c12. The maximum absolute atomic E-state index is 11.9. The number of carbonyl (C=O) groups excluding carboxylic acids is 1. The van der Waals surface area contributed by atoms with Crippen LogP contribution in [0.3, 0.4) is 0 Å². The van der Waals surface area contributed by atoms with Crippen LogP contribution in [-0.4, -0.2) is 28.4 Å². The van der Waals surface area contributed by atoms with Gasteiger partial charge in [0, 0.05) is 7.05 Å². The number of hydrogen-bond acceptors (Lipinski definition) is 5. The van der Waals surface area contributed by atoms with E-state index < -0.39 is 0 Å². The lowest BCUT2D eigenvalue weighted by Gasteiger charge is -2.00. The molecule has 0 N–H and O–H groups in total. The Balaban J connectivity index is 2.66. The van der Waals surface area contributed by atoms with Crippen molar-refractivity contribution >= 4 is 40.1 Å². The van der Waals surface area contributed by atoms with Gasteiger partial charge in [-0.3, -0.25) is 0 Å². The van der Waals surface area contributed by atoms with Crippen molar-refractivity contribution < 1.29 is 9.53 Å². The molecule has 92 valence electrons. The molecule has 0 aliphatic heterocycles. The molecule has 0 aromatic carbocycles. The number of nitrogens with zero attached hydrogens (tertiary/aromatic N) is 2. The van der Waals surface area contributed by atoms with Crippen molar-refractivity contribution in [3.63, 3.8) is 0 Å². The number of aromatic nitrogens is 2. The number of imidazole rings is 1. The summed E-state index contributed by atoms with van der Waals surface area (Å²) in [6, 6.07) is 0. The van der Waals surface area contributed by atoms with Crippen molar-refractivity contribution in [1.82, 2.24) is 9.55 Å². The molecule has 6 heteroatoms. The van der Waals surface area contributed by atoms with E-state index in [-0.39, 0.29) is 5.97 Å². The lowest BCUT2D eigenvalue weighted by Crippen LogP contribution is -2.04. The zero-order chi connectivity index (χ0) is 12.6.